The number of aromatic nitrogens is 1. The summed E-state index contributed by atoms with van der Waals surface area (Å²) in [4.78, 5) is 4.33. The van der Waals surface area contributed by atoms with E-state index in [1.165, 1.54) is 17.3 Å². The molecule has 1 saturated heterocycles. The Morgan fingerprint density at radius 3 is 3.19 bits per heavy atom. The molecule has 1 atom stereocenters. The highest BCUT2D eigenvalue weighted by Gasteiger charge is 2.13. The van der Waals surface area contributed by atoms with Crippen molar-refractivity contribution in [3.05, 3.63) is 18.2 Å². The third-order valence-electron chi connectivity index (χ3n) is 2.33. The molecule has 88 valence electrons. The quantitative estimate of drug-likeness (QED) is 0.894. The van der Waals surface area contributed by atoms with E-state index in [0.717, 1.165) is 12.4 Å². The highest BCUT2D eigenvalue weighted by Crippen LogP contribution is 2.24. The van der Waals surface area contributed by atoms with Crippen molar-refractivity contribution in [3.63, 3.8) is 0 Å². The van der Waals surface area contributed by atoms with Crippen molar-refractivity contribution in [1.82, 2.24) is 4.98 Å². The molecule has 5 heteroatoms. The van der Waals surface area contributed by atoms with E-state index < -0.39 is 0 Å². The molecular weight excluding hydrogens is 240 g/mol. The summed E-state index contributed by atoms with van der Waals surface area (Å²) >= 11 is 4.09. The molecule has 2 heterocycles. The molecule has 1 fully saturated rings. The van der Waals surface area contributed by atoms with Gasteiger partial charge in [-0.25, -0.2) is 0 Å². The lowest BCUT2D eigenvalue weighted by Crippen LogP contribution is -2.23. The lowest BCUT2D eigenvalue weighted by atomic mass is 10.4. The monoisotopic (exact) mass is 256 g/mol. The molecule has 1 N–H and O–H groups in total. The summed E-state index contributed by atoms with van der Waals surface area (Å²) in [7, 11) is 1.64. The Balaban J connectivity index is 1.83. The summed E-state index contributed by atoms with van der Waals surface area (Å²) in [5.41, 5.74) is 0. The van der Waals surface area contributed by atoms with Crippen LogP contribution in [0.25, 0.3) is 0 Å². The Morgan fingerprint density at radius 2 is 2.44 bits per heavy atom. The summed E-state index contributed by atoms with van der Waals surface area (Å²) in [5, 5.41) is 4.06. The van der Waals surface area contributed by atoms with Gasteiger partial charge in [-0.1, -0.05) is 6.07 Å². The molecule has 3 nitrogen and oxygen atoms in total. The molecule has 0 bridgehead atoms. The number of rotatable bonds is 4. The normalized spacial score (nSPS) is 20.4. The predicted molar refractivity (Wildman–Crippen MR) is 72.8 cm³/mol. The number of pyridine rings is 1. The summed E-state index contributed by atoms with van der Waals surface area (Å²) in [5.74, 6) is 5.36. The number of nitrogens with one attached hydrogen (secondary N) is 1. The lowest BCUT2D eigenvalue weighted by molar-refractivity contribution is 0.398. The predicted octanol–water partition coefficient (Wildman–Crippen LogP) is 2.35. The maximum absolute atomic E-state index is 5.09. The molecule has 0 aliphatic carbocycles. The van der Waals surface area contributed by atoms with Gasteiger partial charge in [-0.3, -0.25) is 0 Å². The van der Waals surface area contributed by atoms with Gasteiger partial charge >= 0.3 is 0 Å². The van der Waals surface area contributed by atoms with E-state index in [1.54, 1.807) is 7.11 Å². The van der Waals surface area contributed by atoms with Crippen LogP contribution in [0.1, 0.15) is 0 Å². The smallest absolute Gasteiger partial charge is 0.214 e. The molecular formula is C11H16N2OS2. The minimum atomic E-state index is 0.663. The molecule has 1 aliphatic rings. The third kappa shape index (κ3) is 3.49. The fourth-order valence-electron chi connectivity index (χ4n) is 1.50. The van der Waals surface area contributed by atoms with E-state index in [0.29, 0.717) is 11.1 Å². The van der Waals surface area contributed by atoms with Crippen LogP contribution < -0.4 is 10.1 Å². The van der Waals surface area contributed by atoms with E-state index in [9.17, 15) is 0 Å². The van der Waals surface area contributed by atoms with E-state index >= 15 is 0 Å². The zero-order valence-electron chi connectivity index (χ0n) is 9.31. The summed E-state index contributed by atoms with van der Waals surface area (Å²) < 4.78 is 5.09. The van der Waals surface area contributed by atoms with Crippen molar-refractivity contribution in [2.45, 2.75) is 5.25 Å². The van der Waals surface area contributed by atoms with Crippen LogP contribution in [-0.2, 0) is 0 Å². The van der Waals surface area contributed by atoms with Crippen molar-refractivity contribution in [2.75, 3.05) is 36.2 Å². The minimum Gasteiger partial charge on any atom is -0.481 e. The average Bonchev–Trinajstić information content (AvgIpc) is 2.38. The van der Waals surface area contributed by atoms with Gasteiger partial charge in [-0.2, -0.15) is 28.5 Å². The first-order valence-electron chi connectivity index (χ1n) is 5.33. The fraction of sp³-hybridized carbons (Fsp3) is 0.545. The number of ether oxygens (including phenoxy) is 1. The van der Waals surface area contributed by atoms with Crippen LogP contribution in [0.2, 0.25) is 0 Å². The minimum absolute atomic E-state index is 0.663. The highest BCUT2D eigenvalue weighted by molar-refractivity contribution is 8.06. The lowest BCUT2D eigenvalue weighted by Gasteiger charge is -2.21. The van der Waals surface area contributed by atoms with E-state index in [1.807, 2.05) is 30.0 Å². The van der Waals surface area contributed by atoms with Crippen LogP contribution in [0, 0.1) is 0 Å². The number of nitrogens with zero attached hydrogens (tertiary/aromatic N) is 1. The van der Waals surface area contributed by atoms with Crippen molar-refractivity contribution in [2.24, 2.45) is 0 Å². The second-order valence-corrected chi connectivity index (χ2v) is 6.07. The second kappa shape index (κ2) is 6.25. The fourth-order valence-corrected chi connectivity index (χ4v) is 4.11. The number of thioether (sulfide) groups is 2. The van der Waals surface area contributed by atoms with Crippen molar-refractivity contribution >= 4 is 29.3 Å². The van der Waals surface area contributed by atoms with Crippen LogP contribution in [-0.4, -0.2) is 41.1 Å². The summed E-state index contributed by atoms with van der Waals surface area (Å²) in [6.07, 6.45) is 0. The highest BCUT2D eigenvalue weighted by atomic mass is 32.2. The average molecular weight is 256 g/mol. The Hall–Kier alpha value is -0.550. The largest absolute Gasteiger partial charge is 0.481 e. The Morgan fingerprint density at radius 1 is 1.50 bits per heavy atom. The molecule has 1 aliphatic heterocycles. The first-order valence-corrected chi connectivity index (χ1v) is 7.53. The standard InChI is InChI=1S/C11H16N2OS2/c1-14-11-4-2-3-10(13-11)12-7-9-8-15-5-6-16-9/h2-4,9H,5-8H2,1H3,(H,12,13). The van der Waals surface area contributed by atoms with Crippen molar-refractivity contribution < 1.29 is 4.74 Å². The van der Waals surface area contributed by atoms with Crippen LogP contribution in [0.15, 0.2) is 18.2 Å². The molecule has 2 rings (SSSR count). The van der Waals surface area contributed by atoms with Gasteiger partial charge < -0.3 is 10.1 Å². The van der Waals surface area contributed by atoms with Gasteiger partial charge in [0.2, 0.25) is 5.88 Å². The first kappa shape index (κ1) is 11.9. The van der Waals surface area contributed by atoms with Crippen molar-refractivity contribution in [3.8, 4) is 5.88 Å². The van der Waals surface area contributed by atoms with Gasteiger partial charge in [0.05, 0.1) is 7.11 Å². The first-order chi connectivity index (χ1) is 7.88. The topological polar surface area (TPSA) is 34.1 Å². The van der Waals surface area contributed by atoms with Crippen LogP contribution in [0.5, 0.6) is 5.88 Å². The van der Waals surface area contributed by atoms with Gasteiger partial charge in [0.15, 0.2) is 0 Å². The van der Waals surface area contributed by atoms with Gasteiger partial charge in [0, 0.05) is 35.1 Å². The molecule has 16 heavy (non-hydrogen) atoms. The molecule has 1 aromatic rings. The SMILES string of the molecule is COc1cccc(NCC2CSCCS2)n1. The van der Waals surface area contributed by atoms with E-state index in [4.69, 9.17) is 4.74 Å². The van der Waals surface area contributed by atoms with E-state index in [-0.39, 0.29) is 0 Å². The van der Waals surface area contributed by atoms with Crippen LogP contribution in [0.4, 0.5) is 5.82 Å². The van der Waals surface area contributed by atoms with E-state index in [2.05, 4.69) is 22.1 Å². The number of methoxy groups -OCH3 is 1. The third-order valence-corrected chi connectivity index (χ3v) is 5.17. The van der Waals surface area contributed by atoms with Crippen molar-refractivity contribution in [1.29, 1.82) is 0 Å². The molecule has 0 saturated carbocycles. The number of anilines is 1. The Kier molecular flexibility index (Phi) is 4.66. The maximum atomic E-state index is 5.09. The van der Waals surface area contributed by atoms with Gasteiger partial charge in [0.25, 0.3) is 0 Å². The second-order valence-electron chi connectivity index (χ2n) is 3.51. The van der Waals surface area contributed by atoms with Crippen LogP contribution >= 0.6 is 23.5 Å². The molecule has 0 aromatic carbocycles. The Bertz CT molecular complexity index is 330. The van der Waals surface area contributed by atoms with Gasteiger partial charge in [0.1, 0.15) is 5.82 Å². The number of hydrogen-bond donors (Lipinski definition) is 1. The zero-order valence-corrected chi connectivity index (χ0v) is 10.9. The summed E-state index contributed by atoms with van der Waals surface area (Å²) in [6, 6.07) is 5.79. The summed E-state index contributed by atoms with van der Waals surface area (Å²) in [6.45, 7) is 0.984. The molecule has 1 aromatic heterocycles. The molecule has 1 unspecified atom stereocenters. The molecule has 0 spiro atoms. The zero-order chi connectivity index (χ0) is 11.2. The molecule has 0 amide bonds. The maximum Gasteiger partial charge on any atom is 0.214 e. The van der Waals surface area contributed by atoms with Gasteiger partial charge in [-0.15, -0.1) is 0 Å². The van der Waals surface area contributed by atoms with Gasteiger partial charge in [-0.05, 0) is 6.07 Å². The Labute approximate surface area is 105 Å². The van der Waals surface area contributed by atoms with Crippen LogP contribution in [0.3, 0.4) is 0 Å². The molecule has 0 radical (unpaired) electrons. The number of hydrogen-bond acceptors (Lipinski definition) is 5.